The standard InChI is InChI=1S/C23H27N5O2/c1-24-8-11-30-23-16-22(28-9-12-29-13-10-28)15-21(26-23)17-25-27-20-7-6-18-4-2-3-5-19(18)14-20/h2-7,14-17,24,27H,8-13H2,1H3. The Labute approximate surface area is 176 Å². The second-order valence-electron chi connectivity index (χ2n) is 7.07. The Bertz CT molecular complexity index is 1000. The molecule has 2 aromatic carbocycles. The highest BCUT2D eigenvalue weighted by atomic mass is 16.5. The Morgan fingerprint density at radius 2 is 1.93 bits per heavy atom. The summed E-state index contributed by atoms with van der Waals surface area (Å²) in [6.07, 6.45) is 1.73. The number of pyridine rings is 1. The number of rotatable bonds is 8. The van der Waals surface area contributed by atoms with Crippen molar-refractivity contribution in [1.82, 2.24) is 10.3 Å². The number of likely N-dealkylation sites (N-methyl/N-ethyl adjacent to an activating group) is 1. The van der Waals surface area contributed by atoms with Gasteiger partial charge in [-0.15, -0.1) is 0 Å². The van der Waals surface area contributed by atoms with Crippen LogP contribution in [0.1, 0.15) is 5.69 Å². The molecule has 1 fully saturated rings. The summed E-state index contributed by atoms with van der Waals surface area (Å²) in [5.41, 5.74) is 5.84. The van der Waals surface area contributed by atoms with Crippen LogP contribution in [-0.2, 0) is 4.74 Å². The van der Waals surface area contributed by atoms with E-state index in [0.29, 0.717) is 12.5 Å². The number of morpholine rings is 1. The molecule has 3 aromatic rings. The van der Waals surface area contributed by atoms with E-state index >= 15 is 0 Å². The summed E-state index contributed by atoms with van der Waals surface area (Å²) in [7, 11) is 1.90. The van der Waals surface area contributed by atoms with Crippen molar-refractivity contribution in [3.8, 4) is 5.88 Å². The molecule has 0 spiro atoms. The van der Waals surface area contributed by atoms with Crippen molar-refractivity contribution >= 4 is 28.4 Å². The highest BCUT2D eigenvalue weighted by molar-refractivity contribution is 5.86. The zero-order valence-corrected chi connectivity index (χ0v) is 17.2. The van der Waals surface area contributed by atoms with Gasteiger partial charge in [-0.05, 0) is 36.0 Å². The normalized spacial score (nSPS) is 14.4. The van der Waals surface area contributed by atoms with E-state index in [9.17, 15) is 0 Å². The third-order valence-corrected chi connectivity index (χ3v) is 4.92. The van der Waals surface area contributed by atoms with Crippen LogP contribution in [0.3, 0.4) is 0 Å². The van der Waals surface area contributed by atoms with Crippen molar-refractivity contribution < 1.29 is 9.47 Å². The quantitative estimate of drug-likeness (QED) is 0.341. The zero-order valence-electron chi connectivity index (χ0n) is 17.2. The van der Waals surface area contributed by atoms with E-state index in [2.05, 4.69) is 50.0 Å². The average Bonchev–Trinajstić information content (AvgIpc) is 2.80. The average molecular weight is 406 g/mol. The molecule has 0 aliphatic carbocycles. The molecule has 2 N–H and O–H groups in total. The number of hydrogen-bond acceptors (Lipinski definition) is 7. The molecule has 7 nitrogen and oxygen atoms in total. The molecule has 4 rings (SSSR count). The van der Waals surface area contributed by atoms with E-state index in [1.807, 2.05) is 37.4 Å². The summed E-state index contributed by atoms with van der Waals surface area (Å²) < 4.78 is 11.3. The van der Waals surface area contributed by atoms with Crippen molar-refractivity contribution in [3.05, 3.63) is 60.3 Å². The van der Waals surface area contributed by atoms with Crippen LogP contribution in [0.2, 0.25) is 0 Å². The van der Waals surface area contributed by atoms with Gasteiger partial charge in [0.1, 0.15) is 6.61 Å². The topological polar surface area (TPSA) is 71.0 Å². The maximum Gasteiger partial charge on any atom is 0.215 e. The van der Waals surface area contributed by atoms with Crippen LogP contribution in [0.5, 0.6) is 5.88 Å². The van der Waals surface area contributed by atoms with Crippen molar-refractivity contribution in [2.75, 3.05) is 56.8 Å². The van der Waals surface area contributed by atoms with Crippen molar-refractivity contribution in [1.29, 1.82) is 0 Å². The monoisotopic (exact) mass is 405 g/mol. The van der Waals surface area contributed by atoms with Gasteiger partial charge < -0.3 is 19.7 Å². The number of benzene rings is 2. The first-order chi connectivity index (χ1) is 14.8. The molecule has 1 saturated heterocycles. The highest BCUT2D eigenvalue weighted by Gasteiger charge is 2.13. The minimum atomic E-state index is 0.558. The molecular formula is C23H27N5O2. The van der Waals surface area contributed by atoms with E-state index in [-0.39, 0.29) is 0 Å². The lowest BCUT2D eigenvalue weighted by Gasteiger charge is -2.29. The number of aromatic nitrogens is 1. The molecule has 2 heterocycles. The molecule has 1 aromatic heterocycles. The van der Waals surface area contributed by atoms with E-state index in [4.69, 9.17) is 9.47 Å². The van der Waals surface area contributed by atoms with Crippen LogP contribution >= 0.6 is 0 Å². The molecule has 0 unspecified atom stereocenters. The molecule has 0 atom stereocenters. The minimum Gasteiger partial charge on any atom is -0.476 e. The van der Waals surface area contributed by atoms with Crippen LogP contribution in [-0.4, -0.2) is 57.7 Å². The van der Waals surface area contributed by atoms with Crippen molar-refractivity contribution in [2.45, 2.75) is 0 Å². The molecule has 0 amide bonds. The molecule has 1 aliphatic heterocycles. The maximum absolute atomic E-state index is 5.82. The van der Waals surface area contributed by atoms with E-state index in [1.54, 1.807) is 6.21 Å². The summed E-state index contributed by atoms with van der Waals surface area (Å²) in [5, 5.41) is 9.85. The molecule has 156 valence electrons. The fourth-order valence-corrected chi connectivity index (χ4v) is 3.35. The van der Waals surface area contributed by atoms with Crippen LogP contribution in [0.4, 0.5) is 11.4 Å². The third kappa shape index (κ3) is 5.25. The second-order valence-corrected chi connectivity index (χ2v) is 7.07. The Morgan fingerprint density at radius 1 is 1.10 bits per heavy atom. The lowest BCUT2D eigenvalue weighted by atomic mass is 10.1. The Hall–Kier alpha value is -3.16. The number of anilines is 2. The van der Waals surface area contributed by atoms with Gasteiger partial charge in [-0.2, -0.15) is 5.10 Å². The van der Waals surface area contributed by atoms with Gasteiger partial charge in [0, 0.05) is 31.4 Å². The molecule has 30 heavy (non-hydrogen) atoms. The summed E-state index contributed by atoms with van der Waals surface area (Å²) in [5.74, 6) is 0.599. The third-order valence-electron chi connectivity index (χ3n) is 4.92. The number of hydrazone groups is 1. The zero-order chi connectivity index (χ0) is 20.6. The van der Waals surface area contributed by atoms with Gasteiger partial charge in [0.25, 0.3) is 0 Å². The minimum absolute atomic E-state index is 0.558. The SMILES string of the molecule is CNCCOc1cc(N2CCOCC2)cc(C=NNc2ccc3ccccc3c2)n1. The summed E-state index contributed by atoms with van der Waals surface area (Å²) in [6, 6.07) is 18.4. The van der Waals surface area contributed by atoms with E-state index in [0.717, 1.165) is 49.9 Å². The van der Waals surface area contributed by atoms with Gasteiger partial charge in [0.05, 0.1) is 30.8 Å². The largest absolute Gasteiger partial charge is 0.476 e. The lowest BCUT2D eigenvalue weighted by molar-refractivity contribution is 0.122. The first kappa shape index (κ1) is 20.1. The van der Waals surface area contributed by atoms with Crippen LogP contribution in [0.25, 0.3) is 10.8 Å². The number of ether oxygens (including phenoxy) is 2. The van der Waals surface area contributed by atoms with Gasteiger partial charge in [-0.25, -0.2) is 4.98 Å². The Morgan fingerprint density at radius 3 is 2.77 bits per heavy atom. The van der Waals surface area contributed by atoms with Gasteiger partial charge in [0.2, 0.25) is 5.88 Å². The highest BCUT2D eigenvalue weighted by Crippen LogP contribution is 2.22. The molecule has 0 radical (unpaired) electrons. The van der Waals surface area contributed by atoms with Crippen LogP contribution in [0.15, 0.2) is 59.7 Å². The van der Waals surface area contributed by atoms with E-state index < -0.39 is 0 Å². The first-order valence-electron chi connectivity index (χ1n) is 10.2. The fourth-order valence-electron chi connectivity index (χ4n) is 3.35. The summed E-state index contributed by atoms with van der Waals surface area (Å²) in [4.78, 5) is 6.87. The van der Waals surface area contributed by atoms with Crippen LogP contribution in [0, 0.1) is 0 Å². The molecular weight excluding hydrogens is 378 g/mol. The number of fused-ring (bicyclic) bond motifs is 1. The molecule has 0 saturated carbocycles. The van der Waals surface area contributed by atoms with Gasteiger partial charge in [0.15, 0.2) is 0 Å². The summed E-state index contributed by atoms with van der Waals surface area (Å²) in [6.45, 7) is 4.48. The number of nitrogens with zero attached hydrogens (tertiary/aromatic N) is 3. The molecule has 0 bridgehead atoms. The van der Waals surface area contributed by atoms with Gasteiger partial charge in [-0.1, -0.05) is 30.3 Å². The Kier molecular flexibility index (Phi) is 6.74. The van der Waals surface area contributed by atoms with Crippen LogP contribution < -0.4 is 20.4 Å². The fraction of sp³-hybridized carbons (Fsp3) is 0.304. The molecule has 7 heteroatoms. The summed E-state index contributed by atoms with van der Waals surface area (Å²) >= 11 is 0. The predicted octanol–water partition coefficient (Wildman–Crippen LogP) is 3.12. The lowest BCUT2D eigenvalue weighted by Crippen LogP contribution is -2.36. The van der Waals surface area contributed by atoms with Crippen molar-refractivity contribution in [2.24, 2.45) is 5.10 Å². The number of hydrogen-bond donors (Lipinski definition) is 2. The van der Waals surface area contributed by atoms with E-state index in [1.165, 1.54) is 10.8 Å². The Balaban J connectivity index is 1.50. The predicted molar refractivity (Wildman–Crippen MR) is 122 cm³/mol. The van der Waals surface area contributed by atoms with Crippen molar-refractivity contribution in [3.63, 3.8) is 0 Å². The first-order valence-corrected chi connectivity index (χ1v) is 10.2. The molecule has 1 aliphatic rings. The second kappa shape index (κ2) is 10.0. The smallest absolute Gasteiger partial charge is 0.215 e. The van der Waals surface area contributed by atoms with Gasteiger partial charge >= 0.3 is 0 Å². The maximum atomic E-state index is 5.82. The van der Waals surface area contributed by atoms with Gasteiger partial charge in [-0.3, -0.25) is 5.43 Å². The number of nitrogens with one attached hydrogen (secondary N) is 2.